The predicted octanol–water partition coefficient (Wildman–Crippen LogP) is 3.78. The molecule has 0 saturated heterocycles. The standard InChI is InChI=1S/C21H19N3O3/c1-3-10-27-18-9-8-14(12-19(18)26-2)11-15(13-22)20-23-17-7-5-4-6-16(17)21(25)24-20/h4-9,11-12H,3,10H2,1-2H3,(H,23,24,25)/b15-11+. The molecule has 0 amide bonds. The van der Waals surface area contributed by atoms with Crippen LogP contribution in [-0.2, 0) is 0 Å². The number of benzene rings is 2. The summed E-state index contributed by atoms with van der Waals surface area (Å²) in [6.07, 6.45) is 2.55. The van der Waals surface area contributed by atoms with Crippen LogP contribution in [0.1, 0.15) is 24.7 Å². The van der Waals surface area contributed by atoms with Crippen LogP contribution in [0.4, 0.5) is 0 Å². The van der Waals surface area contributed by atoms with E-state index in [1.807, 2.05) is 13.0 Å². The van der Waals surface area contributed by atoms with E-state index in [0.717, 1.165) is 12.0 Å². The maximum atomic E-state index is 12.2. The minimum atomic E-state index is -0.280. The second-order valence-electron chi connectivity index (χ2n) is 5.86. The molecule has 0 bridgehead atoms. The number of methoxy groups -OCH3 is 1. The molecule has 0 atom stereocenters. The number of aromatic amines is 1. The van der Waals surface area contributed by atoms with Crippen LogP contribution in [-0.4, -0.2) is 23.7 Å². The number of aromatic nitrogens is 2. The Morgan fingerprint density at radius 2 is 2.07 bits per heavy atom. The molecule has 6 heteroatoms. The van der Waals surface area contributed by atoms with E-state index in [1.54, 1.807) is 49.6 Å². The zero-order valence-corrected chi connectivity index (χ0v) is 15.2. The minimum absolute atomic E-state index is 0.228. The van der Waals surface area contributed by atoms with Crippen LogP contribution in [0.5, 0.6) is 11.5 Å². The van der Waals surface area contributed by atoms with Crippen molar-refractivity contribution in [1.82, 2.24) is 9.97 Å². The van der Waals surface area contributed by atoms with Gasteiger partial charge in [-0.25, -0.2) is 4.98 Å². The normalized spacial score (nSPS) is 11.2. The number of nitrogens with one attached hydrogen (secondary N) is 1. The van der Waals surface area contributed by atoms with Crippen molar-refractivity contribution in [3.05, 3.63) is 64.2 Å². The Kier molecular flexibility index (Phi) is 5.53. The Balaban J connectivity index is 2.02. The van der Waals surface area contributed by atoms with Crippen LogP contribution < -0.4 is 15.0 Å². The Labute approximate surface area is 156 Å². The Bertz CT molecular complexity index is 1090. The van der Waals surface area contributed by atoms with Crippen LogP contribution in [0.15, 0.2) is 47.3 Å². The number of allylic oxidation sites excluding steroid dienone is 1. The highest BCUT2D eigenvalue weighted by atomic mass is 16.5. The van der Waals surface area contributed by atoms with Gasteiger partial charge in [-0.15, -0.1) is 0 Å². The molecular formula is C21H19N3O3. The second-order valence-corrected chi connectivity index (χ2v) is 5.86. The Morgan fingerprint density at radius 1 is 1.26 bits per heavy atom. The summed E-state index contributed by atoms with van der Waals surface area (Å²) in [6, 6.07) is 14.5. The van der Waals surface area contributed by atoms with Crippen LogP contribution in [0.3, 0.4) is 0 Å². The molecule has 2 aromatic carbocycles. The summed E-state index contributed by atoms with van der Waals surface area (Å²) in [7, 11) is 1.56. The summed E-state index contributed by atoms with van der Waals surface area (Å²) in [4.78, 5) is 19.3. The predicted molar refractivity (Wildman–Crippen MR) is 105 cm³/mol. The molecule has 3 aromatic rings. The van der Waals surface area contributed by atoms with Gasteiger partial charge in [-0.3, -0.25) is 4.79 Å². The van der Waals surface area contributed by atoms with E-state index in [0.29, 0.717) is 29.0 Å². The molecule has 0 radical (unpaired) electrons. The van der Waals surface area contributed by atoms with Crippen molar-refractivity contribution in [2.24, 2.45) is 0 Å². The van der Waals surface area contributed by atoms with Gasteiger partial charge in [0.2, 0.25) is 0 Å². The van der Waals surface area contributed by atoms with Gasteiger partial charge < -0.3 is 14.5 Å². The molecule has 136 valence electrons. The minimum Gasteiger partial charge on any atom is -0.493 e. The summed E-state index contributed by atoms with van der Waals surface area (Å²) in [5.74, 6) is 1.45. The quantitative estimate of drug-likeness (QED) is 0.675. The molecule has 0 fully saturated rings. The third-order valence-corrected chi connectivity index (χ3v) is 3.95. The summed E-state index contributed by atoms with van der Waals surface area (Å²) in [6.45, 7) is 2.62. The van der Waals surface area contributed by atoms with Gasteiger partial charge in [0, 0.05) is 0 Å². The second kappa shape index (κ2) is 8.19. The molecule has 0 aliphatic carbocycles. The van der Waals surface area contributed by atoms with Gasteiger partial charge in [-0.2, -0.15) is 5.26 Å². The van der Waals surface area contributed by atoms with Crippen LogP contribution in [0.2, 0.25) is 0 Å². The maximum absolute atomic E-state index is 12.2. The highest BCUT2D eigenvalue weighted by Gasteiger charge is 2.10. The summed E-state index contributed by atoms with van der Waals surface area (Å²) in [5.41, 5.74) is 1.25. The largest absolute Gasteiger partial charge is 0.493 e. The lowest BCUT2D eigenvalue weighted by atomic mass is 10.1. The van der Waals surface area contributed by atoms with Crippen LogP contribution >= 0.6 is 0 Å². The van der Waals surface area contributed by atoms with E-state index in [1.165, 1.54) is 0 Å². The number of fused-ring (bicyclic) bond motifs is 1. The van der Waals surface area contributed by atoms with Crippen molar-refractivity contribution >= 4 is 22.6 Å². The highest BCUT2D eigenvalue weighted by Crippen LogP contribution is 2.29. The molecule has 1 heterocycles. The SMILES string of the molecule is CCCOc1ccc(/C=C(\C#N)c2nc3ccccc3c(=O)[nH]2)cc1OC. The molecular weight excluding hydrogens is 342 g/mol. The number of hydrogen-bond acceptors (Lipinski definition) is 5. The van der Waals surface area contributed by atoms with Crippen molar-refractivity contribution in [3.8, 4) is 17.6 Å². The summed E-state index contributed by atoms with van der Waals surface area (Å²) in [5, 5.41) is 10.0. The molecule has 0 unspecified atom stereocenters. The fourth-order valence-corrected chi connectivity index (χ4v) is 2.64. The number of rotatable bonds is 6. The van der Waals surface area contributed by atoms with Gasteiger partial charge in [-0.1, -0.05) is 25.1 Å². The van der Waals surface area contributed by atoms with E-state index < -0.39 is 0 Å². The van der Waals surface area contributed by atoms with Crippen LogP contribution in [0, 0.1) is 11.3 Å². The molecule has 0 aliphatic rings. The third-order valence-electron chi connectivity index (χ3n) is 3.95. The van der Waals surface area contributed by atoms with E-state index in [2.05, 4.69) is 16.0 Å². The number of nitriles is 1. The zero-order chi connectivity index (χ0) is 19.2. The first-order chi connectivity index (χ1) is 13.2. The average molecular weight is 361 g/mol. The van der Waals surface area contributed by atoms with Gasteiger partial charge in [-0.05, 0) is 42.3 Å². The zero-order valence-electron chi connectivity index (χ0n) is 15.2. The van der Waals surface area contributed by atoms with E-state index in [4.69, 9.17) is 9.47 Å². The fourth-order valence-electron chi connectivity index (χ4n) is 2.64. The summed E-state index contributed by atoms with van der Waals surface area (Å²) < 4.78 is 11.0. The molecule has 1 N–H and O–H groups in total. The lowest BCUT2D eigenvalue weighted by Crippen LogP contribution is -2.11. The van der Waals surface area contributed by atoms with Crippen molar-refractivity contribution < 1.29 is 9.47 Å². The number of hydrogen-bond donors (Lipinski definition) is 1. The van der Waals surface area contributed by atoms with Gasteiger partial charge in [0.15, 0.2) is 17.3 Å². The molecule has 1 aromatic heterocycles. The fraction of sp³-hybridized carbons (Fsp3) is 0.190. The molecule has 0 saturated carbocycles. The number of H-pyrrole nitrogens is 1. The van der Waals surface area contributed by atoms with E-state index in [9.17, 15) is 10.1 Å². The molecule has 3 rings (SSSR count). The lowest BCUT2D eigenvalue weighted by Gasteiger charge is -2.10. The van der Waals surface area contributed by atoms with Crippen LogP contribution in [0.25, 0.3) is 22.6 Å². The van der Waals surface area contributed by atoms with Crippen molar-refractivity contribution in [1.29, 1.82) is 5.26 Å². The Hall–Kier alpha value is -3.59. The van der Waals surface area contributed by atoms with Gasteiger partial charge >= 0.3 is 0 Å². The monoisotopic (exact) mass is 361 g/mol. The molecule has 0 aliphatic heterocycles. The van der Waals surface area contributed by atoms with Gasteiger partial charge in [0.1, 0.15) is 6.07 Å². The van der Waals surface area contributed by atoms with Gasteiger partial charge in [0.25, 0.3) is 5.56 Å². The first-order valence-corrected chi connectivity index (χ1v) is 8.58. The molecule has 6 nitrogen and oxygen atoms in total. The average Bonchev–Trinajstić information content (AvgIpc) is 2.70. The molecule has 0 spiro atoms. The first kappa shape index (κ1) is 18.2. The number of ether oxygens (including phenoxy) is 2. The van der Waals surface area contributed by atoms with Crippen molar-refractivity contribution in [3.63, 3.8) is 0 Å². The lowest BCUT2D eigenvalue weighted by molar-refractivity contribution is 0.294. The smallest absolute Gasteiger partial charge is 0.259 e. The van der Waals surface area contributed by atoms with Gasteiger partial charge in [0.05, 0.1) is 30.2 Å². The summed E-state index contributed by atoms with van der Waals surface area (Å²) >= 11 is 0. The highest BCUT2D eigenvalue weighted by molar-refractivity contribution is 5.89. The topological polar surface area (TPSA) is 88.0 Å². The van der Waals surface area contributed by atoms with Crippen molar-refractivity contribution in [2.45, 2.75) is 13.3 Å². The molecule has 27 heavy (non-hydrogen) atoms. The van der Waals surface area contributed by atoms with E-state index >= 15 is 0 Å². The van der Waals surface area contributed by atoms with E-state index in [-0.39, 0.29) is 17.0 Å². The maximum Gasteiger partial charge on any atom is 0.259 e. The first-order valence-electron chi connectivity index (χ1n) is 8.58. The Morgan fingerprint density at radius 3 is 2.81 bits per heavy atom. The van der Waals surface area contributed by atoms with Crippen molar-refractivity contribution in [2.75, 3.05) is 13.7 Å². The number of nitrogens with zero attached hydrogens (tertiary/aromatic N) is 2. The number of para-hydroxylation sites is 1. The third kappa shape index (κ3) is 3.98.